The monoisotopic (exact) mass is 407 g/mol. The number of benzene rings is 3. The molecule has 4 rings (SSSR count). The van der Waals surface area contributed by atoms with E-state index in [9.17, 15) is 18.3 Å². The van der Waals surface area contributed by atoms with Crippen LogP contribution >= 0.6 is 0 Å². The van der Waals surface area contributed by atoms with Gasteiger partial charge in [-0.1, -0.05) is 18.2 Å². The van der Waals surface area contributed by atoms with Gasteiger partial charge >= 0.3 is 0 Å². The van der Waals surface area contributed by atoms with Crippen LogP contribution in [0.5, 0.6) is 0 Å². The third kappa shape index (κ3) is 3.39. The third-order valence-corrected chi connectivity index (χ3v) is 6.08. The number of rotatable bonds is 5. The van der Waals surface area contributed by atoms with Gasteiger partial charge in [0.15, 0.2) is 9.84 Å². The summed E-state index contributed by atoms with van der Waals surface area (Å²) in [7, 11) is -3.33. The van der Waals surface area contributed by atoms with Crippen molar-refractivity contribution in [2.75, 3.05) is 6.26 Å². The van der Waals surface area contributed by atoms with Crippen molar-refractivity contribution in [3.8, 4) is 0 Å². The lowest BCUT2D eigenvalue weighted by Gasteiger charge is -2.10. The van der Waals surface area contributed by atoms with E-state index in [0.717, 1.165) is 22.0 Å². The zero-order chi connectivity index (χ0) is 20.8. The maximum Gasteiger partial charge on any atom is 0.249 e. The first-order chi connectivity index (χ1) is 13.8. The number of fused-ring (bicyclic) bond motifs is 3. The Hall–Kier alpha value is -3.16. The second kappa shape index (κ2) is 7.02. The first-order valence-corrected chi connectivity index (χ1v) is 10.8. The molecule has 0 bridgehead atoms. The zero-order valence-electron chi connectivity index (χ0n) is 15.7. The van der Waals surface area contributed by atoms with E-state index in [1.165, 1.54) is 6.26 Å². The molecular formula is C22H19N2O4S. The molecule has 0 spiro atoms. The molecule has 0 aliphatic rings. The Morgan fingerprint density at radius 2 is 1.86 bits per heavy atom. The molecule has 1 amide bonds. The Morgan fingerprint density at radius 1 is 1.10 bits per heavy atom. The number of aliphatic hydroxyl groups is 1. The summed E-state index contributed by atoms with van der Waals surface area (Å²) >= 11 is 0. The van der Waals surface area contributed by atoms with Gasteiger partial charge in [0.2, 0.25) is 5.91 Å². The molecule has 0 aliphatic heterocycles. The van der Waals surface area contributed by atoms with Crippen LogP contribution in [0.25, 0.3) is 21.8 Å². The van der Waals surface area contributed by atoms with Gasteiger partial charge < -0.3 is 15.4 Å². The number of nitrogens with two attached hydrogens (primary N) is 1. The Morgan fingerprint density at radius 3 is 2.55 bits per heavy atom. The molecule has 6 nitrogen and oxygen atoms in total. The van der Waals surface area contributed by atoms with Crippen LogP contribution in [0, 0.1) is 6.07 Å². The van der Waals surface area contributed by atoms with E-state index in [1.807, 2.05) is 22.8 Å². The number of hydrogen-bond donors (Lipinski definition) is 2. The number of primary amides is 1. The Kier molecular flexibility index (Phi) is 4.64. The second-order valence-corrected chi connectivity index (χ2v) is 9.01. The highest BCUT2D eigenvalue weighted by molar-refractivity contribution is 7.90. The number of aliphatic hydroxyl groups excluding tert-OH is 1. The lowest BCUT2D eigenvalue weighted by atomic mass is 10.0. The highest BCUT2D eigenvalue weighted by Crippen LogP contribution is 2.33. The van der Waals surface area contributed by atoms with E-state index in [4.69, 9.17) is 5.73 Å². The van der Waals surface area contributed by atoms with E-state index in [0.29, 0.717) is 23.1 Å². The zero-order valence-corrected chi connectivity index (χ0v) is 16.5. The van der Waals surface area contributed by atoms with Gasteiger partial charge in [-0.15, -0.1) is 0 Å². The fourth-order valence-electron chi connectivity index (χ4n) is 3.62. The SMILES string of the molecule is CS(=O)(=O)c1cccc(Cn2c3cc(CO)c[c]c3c3c(C(N)=O)cccc32)c1. The first-order valence-electron chi connectivity index (χ1n) is 8.95. The molecule has 1 aromatic heterocycles. The van der Waals surface area contributed by atoms with Gasteiger partial charge in [0.1, 0.15) is 0 Å². The molecule has 7 heteroatoms. The molecule has 0 atom stereocenters. The van der Waals surface area contributed by atoms with Gasteiger partial charge in [0, 0.05) is 29.1 Å². The molecular weight excluding hydrogens is 388 g/mol. The van der Waals surface area contributed by atoms with Crippen LogP contribution in [0.1, 0.15) is 21.5 Å². The maximum absolute atomic E-state index is 12.0. The number of sulfone groups is 1. The standard InChI is InChI=1S/C22H19N2O4S/c1-29(27,28)16-5-2-4-14(10-16)12-24-19-7-3-6-18(22(23)26)21(19)17-9-8-15(13-25)11-20(17)24/h2-8,10-11,25H,12-13H2,1H3,(H2,23,26). The van der Waals surface area contributed by atoms with E-state index >= 15 is 0 Å². The van der Waals surface area contributed by atoms with Crippen LogP contribution in [0.4, 0.5) is 0 Å². The van der Waals surface area contributed by atoms with E-state index < -0.39 is 15.7 Å². The summed E-state index contributed by atoms with van der Waals surface area (Å²) in [5, 5.41) is 11.0. The average molecular weight is 407 g/mol. The van der Waals surface area contributed by atoms with Gasteiger partial charge in [0.25, 0.3) is 0 Å². The van der Waals surface area contributed by atoms with Crippen molar-refractivity contribution < 1.29 is 18.3 Å². The van der Waals surface area contributed by atoms with Crippen LogP contribution in [0.2, 0.25) is 0 Å². The van der Waals surface area contributed by atoms with E-state index in [-0.39, 0.29) is 11.5 Å². The Bertz CT molecular complexity index is 1370. The highest BCUT2D eigenvalue weighted by atomic mass is 32.2. The first kappa shape index (κ1) is 19.2. The lowest BCUT2D eigenvalue weighted by Crippen LogP contribution is -2.11. The largest absolute Gasteiger partial charge is 0.392 e. The van der Waals surface area contributed by atoms with Crippen molar-refractivity contribution >= 4 is 37.6 Å². The maximum atomic E-state index is 12.0. The van der Waals surface area contributed by atoms with Gasteiger partial charge in [-0.3, -0.25) is 4.79 Å². The molecule has 0 fully saturated rings. The summed E-state index contributed by atoms with van der Waals surface area (Å²) in [6, 6.07) is 18.8. The molecule has 4 aromatic rings. The van der Waals surface area contributed by atoms with Crippen molar-refractivity contribution in [2.24, 2.45) is 5.73 Å². The molecule has 0 saturated carbocycles. The highest BCUT2D eigenvalue weighted by Gasteiger charge is 2.17. The topological polar surface area (TPSA) is 102 Å². The van der Waals surface area contributed by atoms with E-state index in [1.54, 1.807) is 36.4 Å². The quantitative estimate of drug-likeness (QED) is 0.531. The summed E-state index contributed by atoms with van der Waals surface area (Å²) in [4.78, 5) is 12.2. The van der Waals surface area contributed by atoms with Crippen molar-refractivity contribution in [3.05, 3.63) is 77.4 Å². The van der Waals surface area contributed by atoms with Gasteiger partial charge in [-0.2, -0.15) is 0 Å². The predicted octanol–water partition coefficient (Wildman–Crippen LogP) is 2.64. The van der Waals surface area contributed by atoms with Crippen LogP contribution < -0.4 is 5.73 Å². The fraction of sp³-hybridized carbons (Fsp3) is 0.136. The molecule has 0 saturated heterocycles. The summed E-state index contributed by atoms with van der Waals surface area (Å²) < 4.78 is 25.8. The lowest BCUT2D eigenvalue weighted by molar-refractivity contribution is 0.100. The minimum Gasteiger partial charge on any atom is -0.392 e. The average Bonchev–Trinajstić information content (AvgIpc) is 3.00. The molecule has 1 radical (unpaired) electrons. The van der Waals surface area contributed by atoms with Crippen molar-refractivity contribution in [1.29, 1.82) is 0 Å². The number of amides is 1. The molecule has 0 aliphatic carbocycles. The smallest absolute Gasteiger partial charge is 0.249 e. The Labute approximate surface area is 168 Å². The van der Waals surface area contributed by atoms with Gasteiger partial charge in [-0.25, -0.2) is 8.42 Å². The van der Waals surface area contributed by atoms with Crippen LogP contribution in [0.15, 0.2) is 59.5 Å². The van der Waals surface area contributed by atoms with Crippen molar-refractivity contribution in [2.45, 2.75) is 18.0 Å². The summed E-state index contributed by atoms with van der Waals surface area (Å²) in [5.74, 6) is -0.534. The van der Waals surface area contributed by atoms with E-state index in [2.05, 4.69) is 6.07 Å². The van der Waals surface area contributed by atoms with Gasteiger partial charge in [-0.05, 0) is 53.6 Å². The number of aromatic nitrogens is 1. The van der Waals surface area contributed by atoms with Gasteiger partial charge in [0.05, 0.1) is 22.5 Å². The van der Waals surface area contributed by atoms with Crippen LogP contribution in [-0.4, -0.2) is 30.3 Å². The fourth-order valence-corrected chi connectivity index (χ4v) is 4.31. The number of carbonyl (C=O) groups is 1. The normalized spacial score (nSPS) is 11.9. The molecule has 0 unspecified atom stereocenters. The molecule has 1 heterocycles. The third-order valence-electron chi connectivity index (χ3n) is 4.97. The summed E-state index contributed by atoms with van der Waals surface area (Å²) in [6.45, 7) is 0.245. The number of nitrogens with zero attached hydrogens (tertiary/aromatic N) is 1. The molecule has 147 valence electrons. The number of carbonyl (C=O) groups excluding carboxylic acids is 1. The molecule has 3 N–H and O–H groups in total. The van der Waals surface area contributed by atoms with Crippen molar-refractivity contribution in [3.63, 3.8) is 0 Å². The Balaban J connectivity index is 2.00. The summed E-state index contributed by atoms with van der Waals surface area (Å²) in [6.07, 6.45) is 1.17. The minimum atomic E-state index is -3.33. The molecule has 3 aromatic carbocycles. The van der Waals surface area contributed by atoms with Crippen molar-refractivity contribution in [1.82, 2.24) is 4.57 Å². The molecule has 29 heavy (non-hydrogen) atoms. The van der Waals surface area contributed by atoms with Crippen LogP contribution in [0.3, 0.4) is 0 Å². The predicted molar refractivity (Wildman–Crippen MR) is 111 cm³/mol. The van der Waals surface area contributed by atoms with Crippen LogP contribution in [-0.2, 0) is 23.0 Å². The minimum absolute atomic E-state index is 0.139. The second-order valence-electron chi connectivity index (χ2n) is 7.00. The summed E-state index contributed by atoms with van der Waals surface area (Å²) in [5.41, 5.74) is 9.03. The number of hydrogen-bond acceptors (Lipinski definition) is 4.